The first-order valence-electron chi connectivity index (χ1n) is 7.69. The van der Waals surface area contributed by atoms with Crippen molar-refractivity contribution in [1.82, 2.24) is 0 Å². The Bertz CT molecular complexity index is 518. The van der Waals surface area contributed by atoms with E-state index in [1.807, 2.05) is 0 Å². The first-order chi connectivity index (χ1) is 11.5. The molecule has 0 amide bonds. The normalized spacial score (nSPS) is 33.2. The van der Waals surface area contributed by atoms with Crippen LogP contribution in [-0.2, 0) is 16.1 Å². The van der Waals surface area contributed by atoms with E-state index in [1.165, 1.54) is 6.08 Å². The van der Waals surface area contributed by atoms with E-state index in [1.54, 1.807) is 31.4 Å². The fourth-order valence-electron chi connectivity index (χ4n) is 2.66. The molecule has 2 rings (SSSR count). The molecule has 134 valence electrons. The van der Waals surface area contributed by atoms with Crippen molar-refractivity contribution in [3.63, 3.8) is 0 Å². The highest BCUT2D eigenvalue weighted by atomic mass is 16.6. The molecule has 0 radical (unpaired) electrons. The quantitative estimate of drug-likeness (QED) is 0.501. The molecule has 0 aromatic heterocycles. The third-order valence-corrected chi connectivity index (χ3v) is 4.05. The second-order valence-corrected chi connectivity index (χ2v) is 5.67. The zero-order valence-corrected chi connectivity index (χ0v) is 13.5. The van der Waals surface area contributed by atoms with Gasteiger partial charge in [-0.25, -0.2) is 0 Å². The molecule has 1 aliphatic carbocycles. The summed E-state index contributed by atoms with van der Waals surface area (Å²) in [6, 6.07) is 7.15. The number of hydrogen-bond acceptors (Lipinski definition) is 7. The van der Waals surface area contributed by atoms with E-state index in [4.69, 9.17) is 14.2 Å². The molecular weight excluding hydrogens is 316 g/mol. The Morgan fingerprint density at radius 2 is 1.46 bits per heavy atom. The van der Waals surface area contributed by atoms with Gasteiger partial charge in [-0.2, -0.15) is 0 Å². The van der Waals surface area contributed by atoms with Gasteiger partial charge in [0.25, 0.3) is 0 Å². The summed E-state index contributed by atoms with van der Waals surface area (Å²) in [5.74, 6) is 0.706. The zero-order valence-electron chi connectivity index (χ0n) is 13.5. The number of rotatable bonds is 7. The van der Waals surface area contributed by atoms with Gasteiger partial charge in [-0.3, -0.25) is 0 Å². The van der Waals surface area contributed by atoms with E-state index in [0.29, 0.717) is 5.75 Å². The Labute approximate surface area is 140 Å². The van der Waals surface area contributed by atoms with E-state index < -0.39 is 36.6 Å². The van der Waals surface area contributed by atoms with Gasteiger partial charge in [0.05, 0.1) is 20.3 Å². The molecule has 1 saturated carbocycles. The van der Waals surface area contributed by atoms with Gasteiger partial charge in [0.1, 0.15) is 42.4 Å². The van der Waals surface area contributed by atoms with Gasteiger partial charge in [0.2, 0.25) is 0 Å². The van der Waals surface area contributed by atoms with Gasteiger partial charge in [-0.15, -0.1) is 6.58 Å². The van der Waals surface area contributed by atoms with Gasteiger partial charge in [0, 0.05) is 0 Å². The molecule has 6 atom stereocenters. The SMILES string of the molecule is C=CCO[C@@H]1[C@@H](O)[C@H](O)[C@@H](O)[C@@H](O)[C@H]1OCc1ccc(OC)cc1. The predicted octanol–water partition coefficient (Wildman–Crippen LogP) is -0.391. The third-order valence-electron chi connectivity index (χ3n) is 4.05. The Morgan fingerprint density at radius 1 is 0.917 bits per heavy atom. The fraction of sp³-hybridized carbons (Fsp3) is 0.529. The highest BCUT2D eigenvalue weighted by Gasteiger charge is 2.50. The molecule has 7 heteroatoms. The lowest BCUT2D eigenvalue weighted by Gasteiger charge is -2.43. The Balaban J connectivity index is 2.08. The Morgan fingerprint density at radius 3 is 1.96 bits per heavy atom. The van der Waals surface area contributed by atoms with Crippen LogP contribution in [0.2, 0.25) is 0 Å². The van der Waals surface area contributed by atoms with Crippen LogP contribution in [0.15, 0.2) is 36.9 Å². The number of methoxy groups -OCH3 is 1. The minimum absolute atomic E-state index is 0.111. The summed E-state index contributed by atoms with van der Waals surface area (Å²) in [6.45, 7) is 3.77. The van der Waals surface area contributed by atoms with E-state index in [-0.39, 0.29) is 13.2 Å². The van der Waals surface area contributed by atoms with Crippen molar-refractivity contribution in [3.05, 3.63) is 42.5 Å². The molecule has 0 saturated heterocycles. The topological polar surface area (TPSA) is 109 Å². The average molecular weight is 340 g/mol. The lowest BCUT2D eigenvalue weighted by molar-refractivity contribution is -0.247. The van der Waals surface area contributed by atoms with E-state index >= 15 is 0 Å². The Kier molecular flexibility index (Phi) is 6.73. The molecule has 1 aliphatic rings. The largest absolute Gasteiger partial charge is 0.497 e. The molecule has 0 unspecified atom stereocenters. The second kappa shape index (κ2) is 8.57. The van der Waals surface area contributed by atoms with E-state index in [9.17, 15) is 20.4 Å². The first-order valence-corrected chi connectivity index (χ1v) is 7.69. The number of hydrogen-bond donors (Lipinski definition) is 4. The first kappa shape index (κ1) is 18.9. The van der Waals surface area contributed by atoms with Gasteiger partial charge < -0.3 is 34.6 Å². The predicted molar refractivity (Wildman–Crippen MR) is 85.5 cm³/mol. The smallest absolute Gasteiger partial charge is 0.118 e. The summed E-state index contributed by atoms with van der Waals surface area (Å²) < 4.78 is 16.2. The van der Waals surface area contributed by atoms with Crippen molar-refractivity contribution in [1.29, 1.82) is 0 Å². The average Bonchev–Trinajstić information content (AvgIpc) is 2.61. The number of benzene rings is 1. The summed E-state index contributed by atoms with van der Waals surface area (Å²) in [5.41, 5.74) is 0.820. The van der Waals surface area contributed by atoms with Gasteiger partial charge in [-0.1, -0.05) is 18.2 Å². The minimum atomic E-state index is -1.52. The van der Waals surface area contributed by atoms with Crippen LogP contribution in [0.25, 0.3) is 0 Å². The standard InChI is InChI=1S/C17H24O7/c1-3-8-23-16-14(20)12(18)13(19)15(21)17(16)24-9-10-4-6-11(22-2)7-5-10/h3-7,12-21H,1,8-9H2,2H3/t12-,13-,14+,15-,16-,17-/m1/s1. The molecule has 0 heterocycles. The number of aliphatic hydroxyl groups is 4. The van der Waals surface area contributed by atoms with Crippen LogP contribution in [0, 0.1) is 0 Å². The van der Waals surface area contributed by atoms with Gasteiger partial charge in [0.15, 0.2) is 0 Å². The third kappa shape index (κ3) is 4.13. The maximum Gasteiger partial charge on any atom is 0.118 e. The number of aliphatic hydroxyl groups excluding tert-OH is 4. The lowest BCUT2D eigenvalue weighted by Crippen LogP contribution is -2.65. The van der Waals surface area contributed by atoms with Crippen molar-refractivity contribution in [3.8, 4) is 5.75 Å². The molecule has 1 fully saturated rings. The van der Waals surface area contributed by atoms with Crippen LogP contribution in [0.1, 0.15) is 5.56 Å². The molecule has 4 N–H and O–H groups in total. The number of ether oxygens (including phenoxy) is 3. The van der Waals surface area contributed by atoms with Crippen molar-refractivity contribution < 1.29 is 34.6 Å². The lowest BCUT2D eigenvalue weighted by atomic mass is 9.84. The summed E-state index contributed by atoms with van der Waals surface area (Å²) in [7, 11) is 1.57. The second-order valence-electron chi connectivity index (χ2n) is 5.67. The minimum Gasteiger partial charge on any atom is -0.497 e. The van der Waals surface area contributed by atoms with Crippen molar-refractivity contribution in [2.45, 2.75) is 43.2 Å². The Hall–Kier alpha value is -1.48. The molecular formula is C17H24O7. The summed E-state index contributed by atoms with van der Waals surface area (Å²) in [6.07, 6.45) is -6.33. The molecule has 0 spiro atoms. The highest BCUT2D eigenvalue weighted by molar-refractivity contribution is 5.26. The maximum absolute atomic E-state index is 10.2. The maximum atomic E-state index is 10.2. The van der Waals surface area contributed by atoms with Gasteiger partial charge in [-0.05, 0) is 17.7 Å². The zero-order chi connectivity index (χ0) is 17.7. The van der Waals surface area contributed by atoms with Crippen molar-refractivity contribution >= 4 is 0 Å². The van der Waals surface area contributed by atoms with Crippen LogP contribution in [0.5, 0.6) is 5.75 Å². The van der Waals surface area contributed by atoms with Crippen LogP contribution in [0.4, 0.5) is 0 Å². The summed E-state index contributed by atoms with van der Waals surface area (Å²) in [4.78, 5) is 0. The summed E-state index contributed by atoms with van der Waals surface area (Å²) in [5, 5.41) is 40.0. The fourth-order valence-corrected chi connectivity index (χ4v) is 2.66. The van der Waals surface area contributed by atoms with Crippen LogP contribution in [-0.4, -0.2) is 70.8 Å². The van der Waals surface area contributed by atoms with Crippen molar-refractivity contribution in [2.24, 2.45) is 0 Å². The molecule has 1 aromatic rings. The van der Waals surface area contributed by atoms with Crippen LogP contribution >= 0.6 is 0 Å². The highest BCUT2D eigenvalue weighted by Crippen LogP contribution is 2.27. The molecule has 0 aliphatic heterocycles. The molecule has 0 bridgehead atoms. The molecule has 7 nitrogen and oxygen atoms in total. The van der Waals surface area contributed by atoms with E-state index in [2.05, 4.69) is 6.58 Å². The van der Waals surface area contributed by atoms with Crippen LogP contribution in [0.3, 0.4) is 0 Å². The molecule has 24 heavy (non-hydrogen) atoms. The monoisotopic (exact) mass is 340 g/mol. The summed E-state index contributed by atoms with van der Waals surface area (Å²) >= 11 is 0. The van der Waals surface area contributed by atoms with E-state index in [0.717, 1.165) is 5.56 Å². The van der Waals surface area contributed by atoms with Gasteiger partial charge >= 0.3 is 0 Å². The molecule has 1 aromatic carbocycles. The van der Waals surface area contributed by atoms with Crippen molar-refractivity contribution in [2.75, 3.05) is 13.7 Å². The van der Waals surface area contributed by atoms with Crippen LogP contribution < -0.4 is 4.74 Å².